The quantitative estimate of drug-likeness (QED) is 0.881. The molecule has 1 aromatic carbocycles. The molecule has 4 rings (SSSR count). The van der Waals surface area contributed by atoms with Crippen molar-refractivity contribution in [3.8, 4) is 0 Å². The minimum Gasteiger partial charge on any atom is -0.407 e. The van der Waals surface area contributed by atoms with Crippen molar-refractivity contribution in [1.29, 1.82) is 0 Å². The lowest BCUT2D eigenvalue weighted by molar-refractivity contribution is 0.331. The fourth-order valence-electron chi connectivity index (χ4n) is 3.90. The Labute approximate surface area is 148 Å². The summed E-state index contributed by atoms with van der Waals surface area (Å²) in [4.78, 5) is 0.250. The standard InChI is InChI=1S/C18H23N3O3S/c22-25(23,16-10-9-14-7-4-8-15(14)12-16)21-18-20-19-17(24-18)11-13-5-2-1-3-6-13/h9-10,12-13H,1-8,11H2,(H,20,21). The summed E-state index contributed by atoms with van der Waals surface area (Å²) in [5.74, 6) is 1.08. The zero-order valence-corrected chi connectivity index (χ0v) is 15.0. The molecule has 7 heteroatoms. The Morgan fingerprint density at radius 3 is 2.68 bits per heavy atom. The van der Waals surface area contributed by atoms with Crippen molar-refractivity contribution in [2.75, 3.05) is 4.72 Å². The van der Waals surface area contributed by atoms with Crippen LogP contribution < -0.4 is 4.72 Å². The smallest absolute Gasteiger partial charge is 0.329 e. The van der Waals surface area contributed by atoms with Crippen LogP contribution >= 0.6 is 0 Å². The molecule has 2 aliphatic rings. The van der Waals surface area contributed by atoms with E-state index in [1.165, 1.54) is 37.7 Å². The predicted octanol–water partition coefficient (Wildman–Crippen LogP) is 3.48. The molecule has 1 heterocycles. The molecule has 0 radical (unpaired) electrons. The van der Waals surface area contributed by atoms with Gasteiger partial charge in [-0.05, 0) is 61.3 Å². The average molecular weight is 361 g/mol. The lowest BCUT2D eigenvalue weighted by atomic mass is 9.87. The number of rotatable bonds is 5. The summed E-state index contributed by atoms with van der Waals surface area (Å²) in [6.07, 6.45) is 9.92. The Hall–Kier alpha value is -1.89. The van der Waals surface area contributed by atoms with Crippen molar-refractivity contribution in [1.82, 2.24) is 10.2 Å². The summed E-state index contributed by atoms with van der Waals surface area (Å²) in [5.41, 5.74) is 2.36. The molecule has 0 bridgehead atoms. The van der Waals surface area contributed by atoms with Gasteiger partial charge in [0.05, 0.1) is 4.90 Å². The van der Waals surface area contributed by atoms with E-state index < -0.39 is 10.0 Å². The van der Waals surface area contributed by atoms with Crippen molar-refractivity contribution >= 4 is 16.0 Å². The Morgan fingerprint density at radius 2 is 1.84 bits per heavy atom. The fourth-order valence-corrected chi connectivity index (χ4v) is 4.88. The van der Waals surface area contributed by atoms with Gasteiger partial charge in [0.25, 0.3) is 10.0 Å². The van der Waals surface area contributed by atoms with E-state index in [1.54, 1.807) is 12.1 Å². The summed E-state index contributed by atoms with van der Waals surface area (Å²) in [6.45, 7) is 0. The summed E-state index contributed by atoms with van der Waals surface area (Å²) in [6, 6.07) is 5.25. The summed E-state index contributed by atoms with van der Waals surface area (Å²) in [7, 11) is -3.70. The molecular weight excluding hydrogens is 338 g/mol. The molecule has 2 aromatic rings. The molecule has 1 saturated carbocycles. The van der Waals surface area contributed by atoms with Crippen LogP contribution in [0.4, 0.5) is 6.01 Å². The number of nitrogens with zero attached hydrogens (tertiary/aromatic N) is 2. The van der Waals surface area contributed by atoms with Crippen molar-refractivity contribution in [3.63, 3.8) is 0 Å². The molecule has 0 aliphatic heterocycles. The Balaban J connectivity index is 1.46. The van der Waals surface area contributed by atoms with E-state index in [0.717, 1.165) is 31.2 Å². The van der Waals surface area contributed by atoms with Gasteiger partial charge in [-0.15, -0.1) is 5.10 Å². The topological polar surface area (TPSA) is 85.1 Å². The van der Waals surface area contributed by atoms with Gasteiger partial charge in [0.15, 0.2) is 0 Å². The highest BCUT2D eigenvalue weighted by molar-refractivity contribution is 7.92. The molecule has 1 N–H and O–H groups in total. The Kier molecular flexibility index (Phi) is 4.50. The molecule has 0 amide bonds. The van der Waals surface area contributed by atoms with Gasteiger partial charge in [-0.25, -0.2) is 13.1 Å². The van der Waals surface area contributed by atoms with E-state index in [2.05, 4.69) is 14.9 Å². The molecular formula is C18H23N3O3S. The van der Waals surface area contributed by atoms with Gasteiger partial charge in [-0.3, -0.25) is 0 Å². The molecule has 0 saturated heterocycles. The van der Waals surface area contributed by atoms with Gasteiger partial charge < -0.3 is 4.42 Å². The number of fused-ring (bicyclic) bond motifs is 1. The van der Waals surface area contributed by atoms with Gasteiger partial charge >= 0.3 is 6.01 Å². The van der Waals surface area contributed by atoms with E-state index in [-0.39, 0.29) is 10.9 Å². The number of hydrogen-bond acceptors (Lipinski definition) is 5. The van der Waals surface area contributed by atoms with Crippen molar-refractivity contribution in [2.45, 2.75) is 62.7 Å². The van der Waals surface area contributed by atoms with Crippen molar-refractivity contribution < 1.29 is 12.8 Å². The predicted molar refractivity (Wildman–Crippen MR) is 93.9 cm³/mol. The third-order valence-corrected chi connectivity index (χ3v) is 6.57. The first-order chi connectivity index (χ1) is 12.1. The van der Waals surface area contributed by atoms with E-state index in [4.69, 9.17) is 4.42 Å². The molecule has 1 aromatic heterocycles. The normalized spacial score (nSPS) is 18.2. The molecule has 0 atom stereocenters. The number of anilines is 1. The largest absolute Gasteiger partial charge is 0.407 e. The van der Waals surface area contributed by atoms with Crippen molar-refractivity contribution in [3.05, 3.63) is 35.2 Å². The SMILES string of the molecule is O=S(=O)(Nc1nnc(CC2CCCCC2)o1)c1ccc2c(c1)CCC2. The van der Waals surface area contributed by atoms with Crippen LogP contribution in [-0.2, 0) is 29.3 Å². The van der Waals surface area contributed by atoms with Gasteiger partial charge in [-0.2, -0.15) is 0 Å². The van der Waals surface area contributed by atoms with Crippen LogP contribution in [0, 0.1) is 5.92 Å². The summed E-state index contributed by atoms with van der Waals surface area (Å²) >= 11 is 0. The Bertz CT molecular complexity index is 854. The first-order valence-corrected chi connectivity index (χ1v) is 10.6. The maximum Gasteiger partial charge on any atom is 0.329 e. The molecule has 0 spiro atoms. The molecule has 134 valence electrons. The van der Waals surface area contributed by atoms with Crippen LogP contribution in [0.25, 0.3) is 0 Å². The maximum absolute atomic E-state index is 12.6. The lowest BCUT2D eigenvalue weighted by Gasteiger charge is -2.19. The molecule has 0 unspecified atom stereocenters. The van der Waals surface area contributed by atoms with E-state index in [9.17, 15) is 8.42 Å². The van der Waals surface area contributed by atoms with Gasteiger partial charge in [-0.1, -0.05) is 30.4 Å². The van der Waals surface area contributed by atoms with Crippen LogP contribution in [0.1, 0.15) is 55.5 Å². The highest BCUT2D eigenvalue weighted by Crippen LogP contribution is 2.28. The van der Waals surface area contributed by atoms with Crippen LogP contribution in [-0.4, -0.2) is 18.6 Å². The third-order valence-electron chi connectivity index (χ3n) is 5.26. The second-order valence-electron chi connectivity index (χ2n) is 7.10. The van der Waals surface area contributed by atoms with Crippen LogP contribution in [0.15, 0.2) is 27.5 Å². The second kappa shape index (κ2) is 6.78. The molecule has 1 fully saturated rings. The lowest BCUT2D eigenvalue weighted by Crippen LogP contribution is -2.13. The number of hydrogen-bond donors (Lipinski definition) is 1. The number of aryl methyl sites for hydroxylation is 2. The van der Waals surface area contributed by atoms with Crippen LogP contribution in [0.2, 0.25) is 0 Å². The van der Waals surface area contributed by atoms with Crippen LogP contribution in [0.5, 0.6) is 0 Å². The van der Waals surface area contributed by atoms with E-state index >= 15 is 0 Å². The number of nitrogens with one attached hydrogen (secondary N) is 1. The highest BCUT2D eigenvalue weighted by atomic mass is 32.2. The fraction of sp³-hybridized carbons (Fsp3) is 0.556. The Morgan fingerprint density at radius 1 is 1.04 bits per heavy atom. The minimum absolute atomic E-state index is 0.0497. The number of sulfonamides is 1. The zero-order valence-electron chi connectivity index (χ0n) is 14.2. The highest BCUT2D eigenvalue weighted by Gasteiger charge is 2.22. The monoisotopic (exact) mass is 361 g/mol. The van der Waals surface area contributed by atoms with Gasteiger partial charge in [0, 0.05) is 6.42 Å². The summed E-state index contributed by atoms with van der Waals surface area (Å²) < 4.78 is 33.1. The average Bonchev–Trinajstić information content (AvgIpc) is 3.24. The van der Waals surface area contributed by atoms with E-state index in [1.807, 2.05) is 6.07 Å². The maximum atomic E-state index is 12.6. The second-order valence-corrected chi connectivity index (χ2v) is 8.78. The van der Waals surface area contributed by atoms with E-state index in [0.29, 0.717) is 11.8 Å². The zero-order chi connectivity index (χ0) is 17.3. The summed E-state index contributed by atoms with van der Waals surface area (Å²) in [5, 5.41) is 7.86. The van der Waals surface area contributed by atoms with Crippen molar-refractivity contribution in [2.24, 2.45) is 5.92 Å². The molecule has 6 nitrogen and oxygen atoms in total. The van der Waals surface area contributed by atoms with Crippen LogP contribution in [0.3, 0.4) is 0 Å². The van der Waals surface area contributed by atoms with Gasteiger partial charge in [0.1, 0.15) is 0 Å². The first kappa shape index (κ1) is 16.6. The number of aromatic nitrogens is 2. The number of benzene rings is 1. The third kappa shape index (κ3) is 3.71. The minimum atomic E-state index is -3.70. The molecule has 2 aliphatic carbocycles. The van der Waals surface area contributed by atoms with Gasteiger partial charge in [0.2, 0.25) is 5.89 Å². The molecule has 25 heavy (non-hydrogen) atoms. The first-order valence-electron chi connectivity index (χ1n) is 9.07.